The number of thiazole rings is 1. The first-order valence-electron chi connectivity index (χ1n) is 4.59. The van der Waals surface area contributed by atoms with Crippen LogP contribution in [0.1, 0.15) is 10.4 Å². The van der Waals surface area contributed by atoms with Crippen molar-refractivity contribution in [2.45, 2.75) is 0 Å². The number of hydrogen-bond acceptors (Lipinski definition) is 3. The molecule has 0 saturated carbocycles. The van der Waals surface area contributed by atoms with Crippen molar-refractivity contribution in [1.82, 2.24) is 4.98 Å². The minimum absolute atomic E-state index is 0.880. The molecular formula is C12H11NOS. The fraction of sp³-hybridized carbons (Fsp3) is 0.0833. The minimum Gasteiger partial charge on any atom is -0.497 e. The molecule has 1 aromatic heterocycles. The second kappa shape index (κ2) is 4.75. The van der Waals surface area contributed by atoms with Gasteiger partial charge in [0.15, 0.2) is 0 Å². The van der Waals surface area contributed by atoms with Gasteiger partial charge in [0.1, 0.15) is 5.75 Å². The molecule has 0 radical (unpaired) electrons. The summed E-state index contributed by atoms with van der Waals surface area (Å²) in [6, 6.07) is 7.95. The number of benzene rings is 1. The lowest BCUT2D eigenvalue weighted by Crippen LogP contribution is -1.81. The van der Waals surface area contributed by atoms with Gasteiger partial charge in [-0.2, -0.15) is 0 Å². The third-order valence-corrected chi connectivity index (χ3v) is 2.75. The van der Waals surface area contributed by atoms with Crippen LogP contribution in [0.3, 0.4) is 0 Å². The standard InChI is InChI=1S/C12H11NOS/c1-14-11-5-2-10(3-6-11)4-7-12-8-13-9-15-12/h2-9H,1H3/b7-4+. The summed E-state index contributed by atoms with van der Waals surface area (Å²) in [5.41, 5.74) is 2.98. The van der Waals surface area contributed by atoms with E-state index in [0.717, 1.165) is 16.2 Å². The Balaban J connectivity index is 2.11. The molecular weight excluding hydrogens is 206 g/mol. The van der Waals surface area contributed by atoms with Crippen LogP contribution in [-0.4, -0.2) is 12.1 Å². The maximum Gasteiger partial charge on any atom is 0.118 e. The fourth-order valence-corrected chi connectivity index (χ4v) is 1.71. The molecule has 76 valence electrons. The first-order chi connectivity index (χ1) is 7.38. The maximum atomic E-state index is 5.09. The second-order valence-electron chi connectivity index (χ2n) is 3.01. The first kappa shape index (κ1) is 9.93. The highest BCUT2D eigenvalue weighted by molar-refractivity contribution is 7.10. The lowest BCUT2D eigenvalue weighted by Gasteiger charge is -1.98. The van der Waals surface area contributed by atoms with Gasteiger partial charge in [0.25, 0.3) is 0 Å². The smallest absolute Gasteiger partial charge is 0.118 e. The highest BCUT2D eigenvalue weighted by atomic mass is 32.1. The Bertz CT molecular complexity index is 431. The quantitative estimate of drug-likeness (QED) is 0.786. The van der Waals surface area contributed by atoms with Crippen LogP contribution in [0.25, 0.3) is 12.2 Å². The molecule has 2 rings (SSSR count). The van der Waals surface area contributed by atoms with Gasteiger partial charge < -0.3 is 4.74 Å². The SMILES string of the molecule is COc1ccc(/C=C/c2cncs2)cc1. The van der Waals surface area contributed by atoms with E-state index < -0.39 is 0 Å². The van der Waals surface area contributed by atoms with Crippen molar-refractivity contribution in [1.29, 1.82) is 0 Å². The van der Waals surface area contributed by atoms with Crippen LogP contribution in [-0.2, 0) is 0 Å². The van der Waals surface area contributed by atoms with E-state index in [2.05, 4.69) is 17.1 Å². The normalized spacial score (nSPS) is 10.7. The van der Waals surface area contributed by atoms with Gasteiger partial charge in [-0.05, 0) is 23.8 Å². The molecule has 0 N–H and O–H groups in total. The van der Waals surface area contributed by atoms with Crippen LogP contribution < -0.4 is 4.74 Å². The van der Waals surface area contributed by atoms with Crippen LogP contribution in [0.2, 0.25) is 0 Å². The van der Waals surface area contributed by atoms with Gasteiger partial charge in [-0.25, -0.2) is 0 Å². The molecule has 0 aliphatic carbocycles. The predicted octanol–water partition coefficient (Wildman–Crippen LogP) is 3.32. The van der Waals surface area contributed by atoms with E-state index in [1.54, 1.807) is 18.4 Å². The van der Waals surface area contributed by atoms with Gasteiger partial charge in [-0.3, -0.25) is 4.98 Å². The van der Waals surface area contributed by atoms with E-state index in [1.165, 1.54) is 0 Å². The number of rotatable bonds is 3. The van der Waals surface area contributed by atoms with Gasteiger partial charge in [0.2, 0.25) is 0 Å². The highest BCUT2D eigenvalue weighted by Crippen LogP contribution is 2.15. The molecule has 0 amide bonds. The molecule has 3 heteroatoms. The van der Waals surface area contributed by atoms with Gasteiger partial charge >= 0.3 is 0 Å². The molecule has 1 heterocycles. The summed E-state index contributed by atoms with van der Waals surface area (Å²) < 4.78 is 5.09. The number of nitrogens with zero attached hydrogens (tertiary/aromatic N) is 1. The Morgan fingerprint density at radius 1 is 1.20 bits per heavy atom. The Kier molecular flexibility index (Phi) is 3.15. The van der Waals surface area contributed by atoms with Gasteiger partial charge in [-0.1, -0.05) is 18.2 Å². The van der Waals surface area contributed by atoms with E-state index in [0.29, 0.717) is 0 Å². The average Bonchev–Trinajstić information content (AvgIpc) is 2.80. The predicted molar refractivity (Wildman–Crippen MR) is 64.0 cm³/mol. The molecule has 2 aromatic rings. The minimum atomic E-state index is 0.880. The molecule has 0 fully saturated rings. The van der Waals surface area contributed by atoms with E-state index in [4.69, 9.17) is 4.74 Å². The number of ether oxygens (including phenoxy) is 1. The monoisotopic (exact) mass is 217 g/mol. The molecule has 0 aliphatic rings. The maximum absolute atomic E-state index is 5.09. The van der Waals surface area contributed by atoms with Crippen molar-refractivity contribution in [3.05, 3.63) is 46.4 Å². The summed E-state index contributed by atoms with van der Waals surface area (Å²) in [7, 11) is 1.67. The molecule has 15 heavy (non-hydrogen) atoms. The van der Waals surface area contributed by atoms with Crippen molar-refractivity contribution in [2.75, 3.05) is 7.11 Å². The molecule has 0 aliphatic heterocycles. The summed E-state index contributed by atoms with van der Waals surface area (Å²) in [5, 5.41) is 0. The highest BCUT2D eigenvalue weighted by Gasteiger charge is 1.91. The second-order valence-corrected chi connectivity index (χ2v) is 3.93. The van der Waals surface area contributed by atoms with Gasteiger partial charge in [0, 0.05) is 11.1 Å². The molecule has 0 bridgehead atoms. The lowest BCUT2D eigenvalue weighted by molar-refractivity contribution is 0.415. The van der Waals surface area contributed by atoms with E-state index in [9.17, 15) is 0 Å². The largest absolute Gasteiger partial charge is 0.497 e. The van der Waals surface area contributed by atoms with E-state index in [1.807, 2.05) is 36.0 Å². The van der Waals surface area contributed by atoms with Crippen molar-refractivity contribution >= 4 is 23.5 Å². The third-order valence-electron chi connectivity index (χ3n) is 2.01. The summed E-state index contributed by atoms with van der Waals surface area (Å²) in [6.07, 6.45) is 5.97. The lowest BCUT2D eigenvalue weighted by atomic mass is 10.2. The van der Waals surface area contributed by atoms with Crippen molar-refractivity contribution in [2.24, 2.45) is 0 Å². The van der Waals surface area contributed by atoms with Gasteiger partial charge in [-0.15, -0.1) is 11.3 Å². The Labute approximate surface area is 92.9 Å². The van der Waals surface area contributed by atoms with Crippen molar-refractivity contribution in [3.63, 3.8) is 0 Å². The van der Waals surface area contributed by atoms with Crippen molar-refractivity contribution in [3.8, 4) is 5.75 Å². The zero-order valence-corrected chi connectivity index (χ0v) is 9.20. The molecule has 1 aromatic carbocycles. The fourth-order valence-electron chi connectivity index (χ4n) is 1.20. The molecule has 2 nitrogen and oxygen atoms in total. The van der Waals surface area contributed by atoms with Crippen LogP contribution >= 0.6 is 11.3 Å². The van der Waals surface area contributed by atoms with Gasteiger partial charge in [0.05, 0.1) is 12.6 Å². The summed E-state index contributed by atoms with van der Waals surface area (Å²) >= 11 is 1.63. The number of hydrogen-bond donors (Lipinski definition) is 0. The number of methoxy groups -OCH3 is 1. The topological polar surface area (TPSA) is 22.1 Å². The summed E-state index contributed by atoms with van der Waals surface area (Å²) in [4.78, 5) is 5.17. The Hall–Kier alpha value is -1.61. The average molecular weight is 217 g/mol. The summed E-state index contributed by atoms with van der Waals surface area (Å²) in [6.45, 7) is 0. The number of aromatic nitrogens is 1. The first-order valence-corrected chi connectivity index (χ1v) is 5.47. The third kappa shape index (κ3) is 2.67. The van der Waals surface area contributed by atoms with Crippen LogP contribution in [0.5, 0.6) is 5.75 Å². The van der Waals surface area contributed by atoms with Crippen LogP contribution in [0.4, 0.5) is 0 Å². The zero-order chi connectivity index (χ0) is 10.5. The molecule has 0 atom stereocenters. The Morgan fingerprint density at radius 3 is 2.60 bits per heavy atom. The van der Waals surface area contributed by atoms with E-state index in [-0.39, 0.29) is 0 Å². The van der Waals surface area contributed by atoms with E-state index >= 15 is 0 Å². The molecule has 0 unspecified atom stereocenters. The zero-order valence-electron chi connectivity index (χ0n) is 8.38. The molecule has 0 spiro atoms. The Morgan fingerprint density at radius 2 is 2.00 bits per heavy atom. The van der Waals surface area contributed by atoms with Crippen LogP contribution in [0, 0.1) is 0 Å². The van der Waals surface area contributed by atoms with Crippen molar-refractivity contribution < 1.29 is 4.74 Å². The van der Waals surface area contributed by atoms with Crippen LogP contribution in [0.15, 0.2) is 36.0 Å². The summed E-state index contributed by atoms with van der Waals surface area (Å²) in [5.74, 6) is 0.880. The molecule has 0 saturated heterocycles.